The average molecular weight is 440 g/mol. The number of carbonyl (C=O) groups excluding carboxylic acids is 4. The van der Waals surface area contributed by atoms with Crippen LogP contribution >= 0.6 is 0 Å². The van der Waals surface area contributed by atoms with Crippen LogP contribution in [0.2, 0.25) is 0 Å². The van der Waals surface area contributed by atoms with Crippen LogP contribution in [0.1, 0.15) is 0 Å². The zero-order valence-corrected chi connectivity index (χ0v) is 17.0. The third-order valence-electron chi connectivity index (χ3n) is 4.75. The van der Waals surface area contributed by atoms with Gasteiger partial charge in [0.25, 0.3) is 0 Å². The molecule has 0 unspecified atom stereocenters. The first-order chi connectivity index (χ1) is 15.5. The van der Waals surface area contributed by atoms with Gasteiger partial charge >= 0.3 is 23.9 Å². The Morgan fingerprint density at radius 1 is 0.594 bits per heavy atom. The number of hydrogen-bond acceptors (Lipinski definition) is 10. The first kappa shape index (κ1) is 21.2. The van der Waals surface area contributed by atoms with E-state index < -0.39 is 23.9 Å². The fourth-order valence-electron chi connectivity index (χ4n) is 3.44. The van der Waals surface area contributed by atoms with Gasteiger partial charge in [0.15, 0.2) is 0 Å². The third-order valence-corrected chi connectivity index (χ3v) is 4.75. The molecule has 0 aliphatic carbocycles. The summed E-state index contributed by atoms with van der Waals surface area (Å²) in [6, 6.07) is 14.1. The lowest BCUT2D eigenvalue weighted by atomic mass is 10.2. The molecule has 2 aliphatic heterocycles. The maximum absolute atomic E-state index is 11.6. The molecule has 2 aliphatic rings. The highest BCUT2D eigenvalue weighted by Gasteiger charge is 2.28. The van der Waals surface area contributed by atoms with Gasteiger partial charge in [-0.1, -0.05) is 24.3 Å². The van der Waals surface area contributed by atoms with Gasteiger partial charge in [-0.3, -0.25) is 0 Å². The van der Waals surface area contributed by atoms with Gasteiger partial charge in [-0.25, -0.2) is 19.2 Å². The number of carbonyl (C=O) groups is 4. The molecule has 0 bridgehead atoms. The number of hydrogen-bond donors (Lipinski definition) is 0. The number of ether oxygens (including phenoxy) is 4. The summed E-state index contributed by atoms with van der Waals surface area (Å²) in [4.78, 5) is 49.5. The molecule has 0 amide bonds. The van der Waals surface area contributed by atoms with Crippen molar-refractivity contribution in [2.45, 2.75) is 0 Å². The molecule has 0 radical (unpaired) electrons. The lowest BCUT2D eigenvalue weighted by Crippen LogP contribution is -2.43. The van der Waals surface area contributed by atoms with Crippen molar-refractivity contribution in [2.75, 3.05) is 49.2 Å². The maximum Gasteiger partial charge on any atom is 0.333 e. The second-order valence-corrected chi connectivity index (χ2v) is 7.04. The number of morpholine rings is 2. The number of anilines is 2. The number of nitrogens with zero attached hydrogens (tertiary/aromatic N) is 2. The van der Waals surface area contributed by atoms with E-state index in [2.05, 4.69) is 9.47 Å². The summed E-state index contributed by atoms with van der Waals surface area (Å²) in [7, 11) is 0. The van der Waals surface area contributed by atoms with E-state index in [0.29, 0.717) is 22.9 Å². The van der Waals surface area contributed by atoms with Crippen LogP contribution in [0.5, 0.6) is 11.5 Å². The van der Waals surface area contributed by atoms with E-state index in [1.807, 2.05) is 0 Å². The Morgan fingerprint density at radius 2 is 0.938 bits per heavy atom. The lowest BCUT2D eigenvalue weighted by Gasteiger charge is -2.28. The largest absolute Gasteiger partial charge is 0.488 e. The van der Waals surface area contributed by atoms with Crippen LogP contribution in [-0.4, -0.2) is 63.3 Å². The normalized spacial score (nSPS) is 16.5. The topological polar surface area (TPSA) is 112 Å². The van der Waals surface area contributed by atoms with Crippen LogP contribution in [-0.2, 0) is 28.7 Å². The van der Waals surface area contributed by atoms with Crippen LogP contribution < -0.4 is 19.3 Å². The van der Waals surface area contributed by atoms with E-state index in [1.165, 1.54) is 0 Å². The minimum atomic E-state index is -0.615. The van der Waals surface area contributed by atoms with E-state index in [-0.39, 0.29) is 39.4 Å². The van der Waals surface area contributed by atoms with Crippen LogP contribution in [0.15, 0.2) is 48.5 Å². The van der Waals surface area contributed by atoms with Crippen molar-refractivity contribution in [3.8, 4) is 11.5 Å². The zero-order chi connectivity index (χ0) is 22.5. The fourth-order valence-corrected chi connectivity index (χ4v) is 3.44. The molecule has 0 atom stereocenters. The van der Waals surface area contributed by atoms with E-state index >= 15 is 0 Å². The third kappa shape index (κ3) is 4.97. The zero-order valence-electron chi connectivity index (χ0n) is 17.0. The molecule has 4 rings (SSSR count). The predicted octanol–water partition coefficient (Wildman–Crippen LogP) is 0.924. The van der Waals surface area contributed by atoms with Gasteiger partial charge in [-0.2, -0.15) is 0 Å². The molecule has 2 saturated heterocycles. The minimum Gasteiger partial charge on any atom is -0.488 e. The molecule has 0 spiro atoms. The molecule has 0 saturated carbocycles. The highest BCUT2D eigenvalue weighted by atomic mass is 16.6. The Hall–Kier alpha value is -4.08. The minimum absolute atomic E-state index is 0.0486. The monoisotopic (exact) mass is 440 g/mol. The molecular weight excluding hydrogens is 420 g/mol. The number of cyclic esters (lactones) is 4. The molecular formula is C22H20N2O8. The fraction of sp³-hybridized carbons (Fsp3) is 0.273. The van der Waals surface area contributed by atoms with E-state index in [4.69, 9.17) is 9.47 Å². The van der Waals surface area contributed by atoms with Crippen molar-refractivity contribution in [1.29, 1.82) is 0 Å². The Labute approximate surface area is 183 Å². The highest BCUT2D eigenvalue weighted by Crippen LogP contribution is 2.30. The molecule has 0 aromatic heterocycles. The second kappa shape index (κ2) is 9.38. The van der Waals surface area contributed by atoms with Crippen LogP contribution in [0.4, 0.5) is 11.4 Å². The summed E-state index contributed by atoms with van der Waals surface area (Å²) >= 11 is 0. The summed E-state index contributed by atoms with van der Waals surface area (Å²) in [5, 5.41) is 0. The van der Waals surface area contributed by atoms with Crippen LogP contribution in [0.3, 0.4) is 0 Å². The van der Waals surface area contributed by atoms with Crippen molar-refractivity contribution in [3.63, 3.8) is 0 Å². The Balaban J connectivity index is 1.38. The smallest absolute Gasteiger partial charge is 0.333 e. The summed E-state index contributed by atoms with van der Waals surface area (Å²) < 4.78 is 20.8. The van der Waals surface area contributed by atoms with Crippen molar-refractivity contribution in [1.82, 2.24) is 0 Å². The molecule has 10 nitrogen and oxygen atoms in total. The second-order valence-electron chi connectivity index (χ2n) is 7.04. The Bertz CT molecular complexity index is 938. The van der Waals surface area contributed by atoms with Gasteiger partial charge in [-0.05, 0) is 24.3 Å². The van der Waals surface area contributed by atoms with E-state index in [0.717, 1.165) is 0 Å². The summed E-state index contributed by atoms with van der Waals surface area (Å²) in [5.74, 6) is -1.47. The predicted molar refractivity (Wildman–Crippen MR) is 110 cm³/mol. The Kier molecular flexibility index (Phi) is 6.20. The number of rotatable bonds is 7. The van der Waals surface area contributed by atoms with Crippen molar-refractivity contribution >= 4 is 35.3 Å². The summed E-state index contributed by atoms with van der Waals surface area (Å²) in [5.41, 5.74) is 1.20. The lowest BCUT2D eigenvalue weighted by molar-refractivity contribution is -0.161. The Morgan fingerprint density at radius 3 is 1.31 bits per heavy atom. The van der Waals surface area contributed by atoms with Gasteiger partial charge in [0.1, 0.15) is 50.9 Å². The van der Waals surface area contributed by atoms with Crippen LogP contribution in [0, 0.1) is 0 Å². The van der Waals surface area contributed by atoms with Gasteiger partial charge < -0.3 is 28.7 Å². The summed E-state index contributed by atoms with van der Waals surface area (Å²) in [6.45, 7) is 0.164. The SMILES string of the molecule is O=C1CN(c2ccccc2OCCOc2ccccc2N2CC(=O)OC(=O)C2)CC(=O)O1. The molecule has 0 N–H and O–H groups in total. The van der Waals surface area contributed by atoms with Gasteiger partial charge in [0.2, 0.25) is 0 Å². The van der Waals surface area contributed by atoms with Crippen molar-refractivity contribution in [3.05, 3.63) is 48.5 Å². The van der Waals surface area contributed by atoms with Gasteiger partial charge in [0.05, 0.1) is 11.4 Å². The quantitative estimate of drug-likeness (QED) is 0.350. The standard InChI is InChI=1S/C22H20N2O8/c25-19-11-23(12-20(26)31-19)15-5-1-3-7-17(15)29-9-10-30-18-8-4-2-6-16(18)24-13-21(27)32-22(28)14-24/h1-8H,9-14H2. The maximum atomic E-state index is 11.6. The van der Waals surface area contributed by atoms with E-state index in [9.17, 15) is 19.2 Å². The number of esters is 4. The molecule has 166 valence electrons. The number of benzene rings is 2. The highest BCUT2D eigenvalue weighted by molar-refractivity contribution is 5.95. The van der Waals surface area contributed by atoms with Gasteiger partial charge in [-0.15, -0.1) is 0 Å². The number of para-hydroxylation sites is 4. The molecule has 32 heavy (non-hydrogen) atoms. The molecule has 2 aromatic rings. The van der Waals surface area contributed by atoms with Crippen molar-refractivity contribution in [2.24, 2.45) is 0 Å². The van der Waals surface area contributed by atoms with Gasteiger partial charge in [0, 0.05) is 0 Å². The first-order valence-corrected chi connectivity index (χ1v) is 9.90. The summed E-state index contributed by atoms with van der Waals surface area (Å²) in [6.07, 6.45) is 0. The molecule has 2 heterocycles. The average Bonchev–Trinajstić information content (AvgIpc) is 2.76. The first-order valence-electron chi connectivity index (χ1n) is 9.90. The molecule has 10 heteroatoms. The van der Waals surface area contributed by atoms with Crippen LogP contribution in [0.25, 0.3) is 0 Å². The molecule has 2 aromatic carbocycles. The van der Waals surface area contributed by atoms with Crippen molar-refractivity contribution < 1.29 is 38.1 Å². The van der Waals surface area contributed by atoms with E-state index in [1.54, 1.807) is 58.3 Å². The molecule has 2 fully saturated rings.